The Kier molecular flexibility index (Phi) is 5.78. The highest BCUT2D eigenvalue weighted by Crippen LogP contribution is 2.25. The zero-order valence-corrected chi connectivity index (χ0v) is 14.2. The van der Waals surface area contributed by atoms with E-state index in [-0.39, 0.29) is 12.0 Å². The highest BCUT2D eigenvalue weighted by molar-refractivity contribution is 5.81. The van der Waals surface area contributed by atoms with Gasteiger partial charge in [0.1, 0.15) is 11.9 Å². The maximum absolute atomic E-state index is 11.6. The number of carbonyl (C=O) groups is 1. The smallest absolute Gasteiger partial charge is 0.138 e. The van der Waals surface area contributed by atoms with Gasteiger partial charge in [-0.05, 0) is 11.1 Å². The third kappa shape index (κ3) is 4.31. The molecule has 3 rings (SSSR count). The average molecular weight is 323 g/mol. The van der Waals surface area contributed by atoms with Crippen molar-refractivity contribution in [2.75, 3.05) is 26.2 Å². The number of piperidine rings is 1. The monoisotopic (exact) mass is 323 g/mol. The number of ether oxygens (including phenoxy) is 1. The summed E-state index contributed by atoms with van der Waals surface area (Å²) in [5, 5.41) is 0. The Morgan fingerprint density at radius 3 is 2.17 bits per heavy atom. The van der Waals surface area contributed by atoms with E-state index in [0.717, 1.165) is 19.6 Å². The molecule has 1 fully saturated rings. The third-order valence-electron chi connectivity index (χ3n) is 4.65. The van der Waals surface area contributed by atoms with Crippen molar-refractivity contribution in [3.8, 4) is 0 Å². The van der Waals surface area contributed by atoms with Crippen molar-refractivity contribution >= 4 is 5.78 Å². The molecule has 1 atom stereocenters. The van der Waals surface area contributed by atoms with Crippen LogP contribution in [0.3, 0.4) is 0 Å². The van der Waals surface area contributed by atoms with Gasteiger partial charge in [-0.3, -0.25) is 9.69 Å². The average Bonchev–Trinajstić information content (AvgIpc) is 2.63. The van der Waals surface area contributed by atoms with Crippen LogP contribution in [0.1, 0.15) is 30.6 Å². The maximum atomic E-state index is 11.6. The number of hydrogen-bond acceptors (Lipinski definition) is 3. The molecular formula is C21H25NO2. The lowest BCUT2D eigenvalue weighted by atomic mass is 9.99. The molecule has 3 heteroatoms. The molecular weight excluding hydrogens is 298 g/mol. The number of hydrogen-bond donors (Lipinski definition) is 0. The summed E-state index contributed by atoms with van der Waals surface area (Å²) in [6, 6.07) is 20.7. The summed E-state index contributed by atoms with van der Waals surface area (Å²) in [4.78, 5) is 14.0. The van der Waals surface area contributed by atoms with E-state index in [1.165, 1.54) is 11.1 Å². The second-order valence-electron chi connectivity index (χ2n) is 6.49. The Bertz CT molecular complexity index is 602. The van der Waals surface area contributed by atoms with E-state index in [1.54, 1.807) is 0 Å². The number of rotatable bonds is 6. The third-order valence-corrected chi connectivity index (χ3v) is 4.65. The zero-order valence-electron chi connectivity index (χ0n) is 14.2. The molecule has 0 saturated carbocycles. The van der Waals surface area contributed by atoms with Crippen molar-refractivity contribution in [1.29, 1.82) is 0 Å². The zero-order chi connectivity index (χ0) is 16.8. The lowest BCUT2D eigenvalue weighted by molar-refractivity contribution is -0.125. The van der Waals surface area contributed by atoms with Gasteiger partial charge in [0.05, 0.1) is 6.61 Å². The predicted molar refractivity (Wildman–Crippen MR) is 95.9 cm³/mol. The first-order valence-electron chi connectivity index (χ1n) is 8.70. The van der Waals surface area contributed by atoms with E-state index < -0.39 is 0 Å². The summed E-state index contributed by atoms with van der Waals surface area (Å²) in [6.07, 6.45) is 0.623. The Morgan fingerprint density at radius 2 is 1.62 bits per heavy atom. The normalized spacial score (nSPS) is 18.9. The van der Waals surface area contributed by atoms with Crippen LogP contribution < -0.4 is 0 Å². The van der Waals surface area contributed by atoms with Gasteiger partial charge in [-0.15, -0.1) is 0 Å². The molecule has 0 aromatic heterocycles. The molecule has 0 aliphatic carbocycles. The predicted octanol–water partition coefficient (Wildman–Crippen LogP) is 3.70. The van der Waals surface area contributed by atoms with Crippen LogP contribution in [0.4, 0.5) is 0 Å². The summed E-state index contributed by atoms with van der Waals surface area (Å²) in [6.45, 7) is 5.26. The summed E-state index contributed by atoms with van der Waals surface area (Å²) in [5.41, 5.74) is 2.34. The molecule has 126 valence electrons. The van der Waals surface area contributed by atoms with Crippen molar-refractivity contribution in [1.82, 2.24) is 4.90 Å². The van der Waals surface area contributed by atoms with E-state index >= 15 is 0 Å². The van der Waals surface area contributed by atoms with Gasteiger partial charge >= 0.3 is 0 Å². The molecule has 0 bridgehead atoms. The topological polar surface area (TPSA) is 29.5 Å². The van der Waals surface area contributed by atoms with Gasteiger partial charge in [0.25, 0.3) is 0 Å². The first-order valence-corrected chi connectivity index (χ1v) is 8.70. The SMILES string of the molecule is C[C@H]1CN(CCOC(c2ccccc2)c2ccccc2)CCC1=O. The summed E-state index contributed by atoms with van der Waals surface area (Å²) >= 11 is 0. The van der Waals surface area contributed by atoms with Crippen LogP contribution in [0, 0.1) is 5.92 Å². The van der Waals surface area contributed by atoms with Gasteiger partial charge in [-0.25, -0.2) is 0 Å². The number of nitrogens with zero attached hydrogens (tertiary/aromatic N) is 1. The number of benzene rings is 2. The lowest BCUT2D eigenvalue weighted by Crippen LogP contribution is -2.41. The van der Waals surface area contributed by atoms with Crippen LogP contribution in [-0.4, -0.2) is 36.9 Å². The maximum Gasteiger partial charge on any atom is 0.138 e. The van der Waals surface area contributed by atoms with Crippen molar-refractivity contribution in [3.05, 3.63) is 71.8 Å². The van der Waals surface area contributed by atoms with Gasteiger partial charge in [0.2, 0.25) is 0 Å². The number of carbonyl (C=O) groups excluding carboxylic acids is 1. The fourth-order valence-corrected chi connectivity index (χ4v) is 3.24. The summed E-state index contributed by atoms with van der Waals surface area (Å²) in [7, 11) is 0. The highest BCUT2D eigenvalue weighted by atomic mass is 16.5. The van der Waals surface area contributed by atoms with Crippen molar-refractivity contribution in [2.45, 2.75) is 19.4 Å². The van der Waals surface area contributed by atoms with Gasteiger partial charge < -0.3 is 4.74 Å². The van der Waals surface area contributed by atoms with Crippen LogP contribution in [0.15, 0.2) is 60.7 Å². The molecule has 1 aliphatic heterocycles. The van der Waals surface area contributed by atoms with Crippen LogP contribution in [0.2, 0.25) is 0 Å². The second-order valence-corrected chi connectivity index (χ2v) is 6.49. The van der Waals surface area contributed by atoms with Gasteiger partial charge in [-0.2, -0.15) is 0 Å². The molecule has 1 heterocycles. The highest BCUT2D eigenvalue weighted by Gasteiger charge is 2.23. The molecule has 0 unspecified atom stereocenters. The molecule has 0 radical (unpaired) electrons. The Hall–Kier alpha value is -1.97. The lowest BCUT2D eigenvalue weighted by Gasteiger charge is -2.30. The van der Waals surface area contributed by atoms with Gasteiger partial charge in [0, 0.05) is 32.0 Å². The van der Waals surface area contributed by atoms with E-state index in [2.05, 4.69) is 29.2 Å². The standard InChI is InChI=1S/C21H25NO2/c1-17-16-22(13-12-20(17)23)14-15-24-21(18-8-4-2-5-9-18)19-10-6-3-7-11-19/h2-11,17,21H,12-16H2,1H3/t17-/m0/s1. The van der Waals surface area contributed by atoms with Crippen LogP contribution in [0.5, 0.6) is 0 Å². The fraction of sp³-hybridized carbons (Fsp3) is 0.381. The Balaban J connectivity index is 1.62. The molecule has 1 saturated heterocycles. The molecule has 1 aliphatic rings. The first-order chi connectivity index (χ1) is 11.7. The number of likely N-dealkylation sites (tertiary alicyclic amines) is 1. The molecule has 2 aromatic carbocycles. The summed E-state index contributed by atoms with van der Waals surface area (Å²) < 4.78 is 6.25. The molecule has 3 nitrogen and oxygen atoms in total. The minimum absolute atomic E-state index is 0.0451. The molecule has 0 spiro atoms. The first kappa shape index (κ1) is 16.9. The van der Waals surface area contributed by atoms with Crippen LogP contribution in [-0.2, 0) is 9.53 Å². The molecule has 0 N–H and O–H groups in total. The number of ketones is 1. The van der Waals surface area contributed by atoms with Gasteiger partial charge in [0.15, 0.2) is 0 Å². The number of Topliss-reactive ketones (excluding diaryl/α,β-unsaturated/α-hetero) is 1. The van der Waals surface area contributed by atoms with Crippen LogP contribution >= 0.6 is 0 Å². The van der Waals surface area contributed by atoms with Crippen molar-refractivity contribution < 1.29 is 9.53 Å². The minimum atomic E-state index is -0.0451. The second kappa shape index (κ2) is 8.22. The van der Waals surface area contributed by atoms with Crippen LogP contribution in [0.25, 0.3) is 0 Å². The Morgan fingerprint density at radius 1 is 1.04 bits per heavy atom. The van der Waals surface area contributed by atoms with Crippen molar-refractivity contribution in [3.63, 3.8) is 0 Å². The minimum Gasteiger partial charge on any atom is -0.367 e. The molecule has 2 aromatic rings. The van der Waals surface area contributed by atoms with E-state index in [0.29, 0.717) is 18.8 Å². The van der Waals surface area contributed by atoms with Crippen molar-refractivity contribution in [2.24, 2.45) is 5.92 Å². The van der Waals surface area contributed by atoms with E-state index in [9.17, 15) is 4.79 Å². The van der Waals surface area contributed by atoms with E-state index in [4.69, 9.17) is 4.74 Å². The molecule has 0 amide bonds. The largest absolute Gasteiger partial charge is 0.367 e. The van der Waals surface area contributed by atoms with Gasteiger partial charge in [-0.1, -0.05) is 67.6 Å². The molecule has 24 heavy (non-hydrogen) atoms. The summed E-state index contributed by atoms with van der Waals surface area (Å²) in [5.74, 6) is 0.538. The van der Waals surface area contributed by atoms with E-state index in [1.807, 2.05) is 43.3 Å². The Labute approximate surface area is 144 Å². The fourth-order valence-electron chi connectivity index (χ4n) is 3.24. The quantitative estimate of drug-likeness (QED) is 0.812.